The molecule has 3 rings (SSSR count). The van der Waals surface area contributed by atoms with Gasteiger partial charge in [-0.3, -0.25) is 0 Å². The van der Waals surface area contributed by atoms with Crippen molar-refractivity contribution in [1.82, 2.24) is 0 Å². The van der Waals surface area contributed by atoms with Crippen LogP contribution in [0.4, 0.5) is 22.0 Å². The van der Waals surface area contributed by atoms with Crippen LogP contribution in [0.3, 0.4) is 0 Å². The molecule has 0 N–H and O–H groups in total. The van der Waals surface area contributed by atoms with Crippen LogP contribution in [0, 0.1) is 29.4 Å². The summed E-state index contributed by atoms with van der Waals surface area (Å²) in [5.74, 6) is -0.879. The Balaban J connectivity index is 1.56. The van der Waals surface area contributed by atoms with Crippen molar-refractivity contribution < 1.29 is 22.0 Å². The Morgan fingerprint density at radius 2 is 1.36 bits per heavy atom. The number of allylic oxidation sites excluding steroid dienone is 2. The first-order valence-electron chi connectivity index (χ1n) is 10.5. The van der Waals surface area contributed by atoms with Crippen molar-refractivity contribution in [2.45, 2.75) is 76.8 Å². The first kappa shape index (κ1) is 21.3. The van der Waals surface area contributed by atoms with Gasteiger partial charge >= 0.3 is 6.18 Å². The first-order valence-corrected chi connectivity index (χ1v) is 10.5. The van der Waals surface area contributed by atoms with Crippen molar-refractivity contribution in [3.63, 3.8) is 0 Å². The van der Waals surface area contributed by atoms with Gasteiger partial charge in [-0.15, -0.1) is 0 Å². The minimum absolute atomic E-state index is 0.0476. The van der Waals surface area contributed by atoms with E-state index in [9.17, 15) is 22.0 Å². The minimum Gasteiger partial charge on any atom is -0.206 e. The maximum Gasteiger partial charge on any atom is 0.422 e. The third-order valence-electron chi connectivity index (χ3n) is 6.85. The van der Waals surface area contributed by atoms with Crippen molar-refractivity contribution in [1.29, 1.82) is 0 Å². The van der Waals surface area contributed by atoms with E-state index in [1.165, 1.54) is 32.1 Å². The quantitative estimate of drug-likeness (QED) is 0.354. The summed E-state index contributed by atoms with van der Waals surface area (Å²) in [5, 5.41) is 0. The fraction of sp³-hybridized carbons (Fsp3) is 0.652. The molecule has 0 atom stereocenters. The van der Waals surface area contributed by atoms with Crippen LogP contribution in [0.15, 0.2) is 24.3 Å². The summed E-state index contributed by atoms with van der Waals surface area (Å²) < 4.78 is 66.0. The van der Waals surface area contributed by atoms with Gasteiger partial charge in [0.15, 0.2) is 0 Å². The fourth-order valence-electron chi connectivity index (χ4n) is 5.25. The van der Waals surface area contributed by atoms with E-state index in [1.807, 2.05) is 0 Å². The standard InChI is InChI=1S/C23H29F5/c1-2-3-4-15-5-7-16(8-6-15)17-9-11-18(12-10-17)19-13-20(24)22(21(25)14-19)23(26,27)28/h2-3,13-18H,4-12H2,1H3/b3-2+/t15-,16-,17-,18-. The number of alkyl halides is 3. The molecule has 0 unspecified atom stereocenters. The van der Waals surface area contributed by atoms with Crippen LogP contribution in [0.2, 0.25) is 0 Å². The molecule has 156 valence electrons. The van der Waals surface area contributed by atoms with E-state index in [2.05, 4.69) is 19.1 Å². The van der Waals surface area contributed by atoms with Crippen LogP contribution in [0.5, 0.6) is 0 Å². The van der Waals surface area contributed by atoms with Crippen molar-refractivity contribution >= 4 is 0 Å². The van der Waals surface area contributed by atoms with Crippen molar-refractivity contribution in [2.75, 3.05) is 0 Å². The number of rotatable bonds is 4. The summed E-state index contributed by atoms with van der Waals surface area (Å²) in [6.45, 7) is 2.05. The number of benzene rings is 1. The zero-order valence-corrected chi connectivity index (χ0v) is 16.4. The van der Waals surface area contributed by atoms with E-state index in [0.717, 1.165) is 49.7 Å². The van der Waals surface area contributed by atoms with Gasteiger partial charge in [0.25, 0.3) is 0 Å². The summed E-state index contributed by atoms with van der Waals surface area (Å²) in [6.07, 6.45) is 9.16. The highest BCUT2D eigenvalue weighted by Gasteiger charge is 2.39. The molecule has 1 aromatic rings. The molecule has 0 radical (unpaired) electrons. The molecule has 28 heavy (non-hydrogen) atoms. The average Bonchev–Trinajstić information content (AvgIpc) is 2.65. The van der Waals surface area contributed by atoms with Crippen molar-refractivity contribution in [3.05, 3.63) is 47.0 Å². The second-order valence-electron chi connectivity index (χ2n) is 8.55. The Hall–Kier alpha value is -1.39. The van der Waals surface area contributed by atoms with Crippen molar-refractivity contribution in [2.24, 2.45) is 17.8 Å². The van der Waals surface area contributed by atoms with E-state index in [4.69, 9.17) is 0 Å². The van der Waals surface area contributed by atoms with Crippen LogP contribution in [0.25, 0.3) is 0 Å². The summed E-state index contributed by atoms with van der Waals surface area (Å²) in [7, 11) is 0. The molecule has 0 spiro atoms. The van der Waals surface area contributed by atoms with Gasteiger partial charge in [0.05, 0.1) is 0 Å². The SMILES string of the molecule is C/C=C/C[C@H]1CC[C@H]([C@H]2CC[C@H](c3cc(F)c(C(F)(F)F)c(F)c3)CC2)CC1. The Morgan fingerprint density at radius 3 is 1.82 bits per heavy atom. The third kappa shape index (κ3) is 4.96. The van der Waals surface area contributed by atoms with E-state index in [-0.39, 0.29) is 5.92 Å². The highest BCUT2D eigenvalue weighted by molar-refractivity contribution is 5.30. The molecule has 0 aliphatic heterocycles. The van der Waals surface area contributed by atoms with E-state index >= 15 is 0 Å². The lowest BCUT2D eigenvalue weighted by molar-refractivity contribution is -0.142. The van der Waals surface area contributed by atoms with Gasteiger partial charge in [0.1, 0.15) is 17.2 Å². The molecule has 0 saturated heterocycles. The van der Waals surface area contributed by atoms with Gasteiger partial charge in [0.2, 0.25) is 0 Å². The molecule has 0 bridgehead atoms. The zero-order valence-electron chi connectivity index (χ0n) is 16.4. The molecule has 0 nitrogen and oxygen atoms in total. The van der Waals surface area contributed by atoms with E-state index in [1.54, 1.807) is 0 Å². The highest BCUT2D eigenvalue weighted by Crippen LogP contribution is 2.45. The van der Waals surface area contributed by atoms with Gasteiger partial charge in [0, 0.05) is 0 Å². The average molecular weight is 400 g/mol. The number of halogens is 5. The number of hydrogen-bond donors (Lipinski definition) is 0. The predicted molar refractivity (Wildman–Crippen MR) is 101 cm³/mol. The highest BCUT2D eigenvalue weighted by atomic mass is 19.4. The van der Waals surface area contributed by atoms with Gasteiger partial charge in [-0.1, -0.05) is 12.2 Å². The topological polar surface area (TPSA) is 0 Å². The van der Waals surface area contributed by atoms with Crippen LogP contribution < -0.4 is 0 Å². The smallest absolute Gasteiger partial charge is 0.206 e. The van der Waals surface area contributed by atoms with Gasteiger partial charge in [-0.05, 0) is 106 Å². The summed E-state index contributed by atoms with van der Waals surface area (Å²) in [6, 6.07) is 1.78. The maximum atomic E-state index is 13.9. The normalized spacial score (nSPS) is 29.4. The Bertz CT molecular complexity index is 652. The van der Waals surface area contributed by atoms with Gasteiger partial charge < -0.3 is 0 Å². The summed E-state index contributed by atoms with van der Waals surface area (Å²) >= 11 is 0. The molecule has 0 heterocycles. The van der Waals surface area contributed by atoms with E-state index in [0.29, 0.717) is 11.5 Å². The molecule has 5 heteroatoms. The van der Waals surface area contributed by atoms with E-state index < -0.39 is 23.4 Å². The molecule has 2 aliphatic carbocycles. The second kappa shape index (κ2) is 8.96. The predicted octanol–water partition coefficient (Wildman–Crippen LogP) is 8.03. The molecular formula is C23H29F5. The van der Waals surface area contributed by atoms with Crippen LogP contribution in [-0.4, -0.2) is 0 Å². The third-order valence-corrected chi connectivity index (χ3v) is 6.85. The Kier molecular flexibility index (Phi) is 6.82. The molecule has 2 saturated carbocycles. The fourth-order valence-corrected chi connectivity index (χ4v) is 5.25. The first-order chi connectivity index (χ1) is 13.3. The lowest BCUT2D eigenvalue weighted by Gasteiger charge is -2.38. The second-order valence-corrected chi connectivity index (χ2v) is 8.55. The van der Waals surface area contributed by atoms with Crippen LogP contribution in [-0.2, 0) is 6.18 Å². The molecule has 1 aromatic carbocycles. The summed E-state index contributed by atoms with van der Waals surface area (Å²) in [4.78, 5) is 0. The van der Waals surface area contributed by atoms with Gasteiger partial charge in [-0.25, -0.2) is 8.78 Å². The largest absolute Gasteiger partial charge is 0.422 e. The van der Waals surface area contributed by atoms with Gasteiger partial charge in [-0.2, -0.15) is 13.2 Å². The molecule has 2 fully saturated rings. The maximum absolute atomic E-state index is 13.9. The van der Waals surface area contributed by atoms with Crippen molar-refractivity contribution in [3.8, 4) is 0 Å². The van der Waals surface area contributed by atoms with Crippen LogP contribution >= 0.6 is 0 Å². The Labute approximate surface area is 164 Å². The molecule has 0 amide bonds. The summed E-state index contributed by atoms with van der Waals surface area (Å²) in [5.41, 5.74) is -1.41. The lowest BCUT2D eigenvalue weighted by Crippen LogP contribution is -2.25. The molecule has 0 aromatic heterocycles. The van der Waals surface area contributed by atoms with Crippen LogP contribution in [0.1, 0.15) is 81.8 Å². The number of hydrogen-bond acceptors (Lipinski definition) is 0. The lowest BCUT2D eigenvalue weighted by atomic mass is 9.68. The monoisotopic (exact) mass is 400 g/mol. The minimum atomic E-state index is -5.00. The Morgan fingerprint density at radius 1 is 0.857 bits per heavy atom. The molecular weight excluding hydrogens is 371 g/mol. The zero-order chi connectivity index (χ0) is 20.3. The molecule has 2 aliphatic rings.